The highest BCUT2D eigenvalue weighted by Gasteiger charge is 2.60. The molecule has 0 aliphatic carbocycles. The quantitative estimate of drug-likeness (QED) is 0.692. The lowest BCUT2D eigenvalue weighted by atomic mass is 9.74. The Bertz CT molecular complexity index is 1200. The number of aryl methyl sites for hydroxylation is 1. The number of carbonyl (C=O) groups excluding carboxylic acids is 2. The monoisotopic (exact) mass is 429 g/mol. The molecular formula is C25H27N5O2. The summed E-state index contributed by atoms with van der Waals surface area (Å²) in [5.74, 6) is 0.572. The van der Waals surface area contributed by atoms with Gasteiger partial charge in [0.25, 0.3) is 5.91 Å². The summed E-state index contributed by atoms with van der Waals surface area (Å²) < 4.78 is 1.91. The number of hydrogen-bond acceptors (Lipinski definition) is 4. The molecule has 1 spiro atoms. The molecule has 2 amide bonds. The fraction of sp³-hybridized carbons (Fsp3) is 0.320. The van der Waals surface area contributed by atoms with E-state index in [0.29, 0.717) is 24.4 Å². The summed E-state index contributed by atoms with van der Waals surface area (Å²) in [6.07, 6.45) is 4.14. The zero-order valence-corrected chi connectivity index (χ0v) is 18.6. The molecule has 2 aliphatic heterocycles. The molecular weight excluding hydrogens is 402 g/mol. The number of anilines is 1. The smallest absolute Gasteiger partial charge is 0.254 e. The number of hydrogen-bond donors (Lipinski definition) is 1. The van der Waals surface area contributed by atoms with E-state index in [1.54, 1.807) is 6.20 Å². The fourth-order valence-electron chi connectivity index (χ4n) is 5.24. The first-order valence-electron chi connectivity index (χ1n) is 10.8. The highest BCUT2D eigenvalue weighted by Crippen LogP contribution is 2.54. The molecule has 0 bridgehead atoms. The number of carbonyl (C=O) groups is 2. The van der Waals surface area contributed by atoms with Crippen molar-refractivity contribution in [3.05, 3.63) is 83.4 Å². The second-order valence-electron chi connectivity index (χ2n) is 8.96. The van der Waals surface area contributed by atoms with Crippen LogP contribution in [-0.2, 0) is 23.8 Å². The fourth-order valence-corrected chi connectivity index (χ4v) is 5.24. The number of fused-ring (bicyclic) bond motifs is 2. The molecule has 2 atom stereocenters. The molecule has 0 unspecified atom stereocenters. The number of amides is 2. The highest BCUT2D eigenvalue weighted by molar-refractivity contribution is 6.08. The Balaban J connectivity index is 1.61. The Morgan fingerprint density at radius 3 is 2.78 bits per heavy atom. The predicted octanol–water partition coefficient (Wildman–Crippen LogP) is 2.96. The maximum atomic E-state index is 13.8. The largest absolute Gasteiger partial charge is 0.336 e. The summed E-state index contributed by atoms with van der Waals surface area (Å²) in [4.78, 5) is 35.8. The average Bonchev–Trinajstić information content (AvgIpc) is 3.44. The third-order valence-electron chi connectivity index (χ3n) is 6.62. The van der Waals surface area contributed by atoms with Gasteiger partial charge in [0.2, 0.25) is 5.91 Å². The zero-order valence-electron chi connectivity index (χ0n) is 18.6. The first kappa shape index (κ1) is 20.5. The van der Waals surface area contributed by atoms with Crippen molar-refractivity contribution in [2.45, 2.75) is 24.4 Å². The Morgan fingerprint density at radius 2 is 2.03 bits per heavy atom. The van der Waals surface area contributed by atoms with Gasteiger partial charge >= 0.3 is 0 Å². The normalized spacial score (nSPS) is 21.9. The predicted molar refractivity (Wildman–Crippen MR) is 122 cm³/mol. The molecule has 0 radical (unpaired) electrons. The Labute approximate surface area is 187 Å². The van der Waals surface area contributed by atoms with Crippen molar-refractivity contribution in [1.29, 1.82) is 0 Å². The summed E-state index contributed by atoms with van der Waals surface area (Å²) >= 11 is 0. The van der Waals surface area contributed by atoms with E-state index in [1.165, 1.54) is 0 Å². The molecule has 1 aromatic heterocycles. The molecule has 5 rings (SSSR count). The van der Waals surface area contributed by atoms with Gasteiger partial charge in [-0.2, -0.15) is 0 Å². The molecule has 164 valence electrons. The van der Waals surface area contributed by atoms with E-state index < -0.39 is 11.5 Å². The van der Waals surface area contributed by atoms with Crippen molar-refractivity contribution < 1.29 is 9.59 Å². The van der Waals surface area contributed by atoms with Gasteiger partial charge in [-0.15, -0.1) is 0 Å². The number of benzene rings is 2. The van der Waals surface area contributed by atoms with Crippen LogP contribution in [0.1, 0.15) is 39.8 Å². The van der Waals surface area contributed by atoms with Gasteiger partial charge in [-0.05, 0) is 49.8 Å². The summed E-state index contributed by atoms with van der Waals surface area (Å²) in [7, 11) is 5.92. The molecule has 1 saturated heterocycles. The number of aromatic nitrogens is 2. The van der Waals surface area contributed by atoms with Gasteiger partial charge in [0, 0.05) is 43.8 Å². The van der Waals surface area contributed by atoms with Gasteiger partial charge in [0.1, 0.15) is 17.3 Å². The van der Waals surface area contributed by atoms with E-state index in [-0.39, 0.29) is 11.8 Å². The Kier molecular flexibility index (Phi) is 4.86. The van der Waals surface area contributed by atoms with Crippen LogP contribution < -0.4 is 5.32 Å². The van der Waals surface area contributed by atoms with Crippen molar-refractivity contribution in [2.75, 3.05) is 26.0 Å². The van der Waals surface area contributed by atoms with Crippen molar-refractivity contribution in [1.82, 2.24) is 19.4 Å². The van der Waals surface area contributed by atoms with Crippen LogP contribution in [0.5, 0.6) is 0 Å². The lowest BCUT2D eigenvalue weighted by Crippen LogP contribution is -2.43. The van der Waals surface area contributed by atoms with Crippen LogP contribution in [0.25, 0.3) is 0 Å². The van der Waals surface area contributed by atoms with Crippen LogP contribution in [0.3, 0.4) is 0 Å². The highest BCUT2D eigenvalue weighted by atomic mass is 16.2. The molecule has 3 heterocycles. The van der Waals surface area contributed by atoms with Gasteiger partial charge < -0.3 is 19.7 Å². The molecule has 2 aliphatic rings. The average molecular weight is 430 g/mol. The first-order valence-corrected chi connectivity index (χ1v) is 10.8. The second kappa shape index (κ2) is 7.60. The Morgan fingerprint density at radius 1 is 1.22 bits per heavy atom. The van der Waals surface area contributed by atoms with Crippen LogP contribution in [0.15, 0.2) is 60.9 Å². The van der Waals surface area contributed by atoms with Gasteiger partial charge in [0.05, 0.1) is 0 Å². The van der Waals surface area contributed by atoms with E-state index in [4.69, 9.17) is 0 Å². The Hall–Kier alpha value is -3.45. The van der Waals surface area contributed by atoms with Crippen LogP contribution in [0.2, 0.25) is 0 Å². The van der Waals surface area contributed by atoms with E-state index in [0.717, 1.165) is 23.4 Å². The van der Waals surface area contributed by atoms with Crippen LogP contribution in [0.4, 0.5) is 5.69 Å². The van der Waals surface area contributed by atoms with Crippen LogP contribution in [-0.4, -0.2) is 51.8 Å². The lowest BCUT2D eigenvalue weighted by molar-refractivity contribution is -0.121. The minimum atomic E-state index is -0.855. The summed E-state index contributed by atoms with van der Waals surface area (Å²) in [6, 6.07) is 15.0. The topological polar surface area (TPSA) is 70.5 Å². The third kappa shape index (κ3) is 3.04. The minimum Gasteiger partial charge on any atom is -0.336 e. The van der Waals surface area contributed by atoms with Crippen LogP contribution >= 0.6 is 0 Å². The van der Waals surface area contributed by atoms with E-state index >= 15 is 0 Å². The maximum absolute atomic E-state index is 13.8. The number of para-hydroxylation sites is 1. The number of likely N-dealkylation sites (tertiary alicyclic amines) is 1. The van der Waals surface area contributed by atoms with Gasteiger partial charge in [-0.1, -0.05) is 30.3 Å². The van der Waals surface area contributed by atoms with E-state index in [2.05, 4.69) is 15.2 Å². The molecule has 7 heteroatoms. The van der Waals surface area contributed by atoms with Gasteiger partial charge in [-0.25, -0.2) is 4.98 Å². The lowest BCUT2D eigenvalue weighted by Gasteiger charge is -2.33. The molecule has 1 N–H and O–H groups in total. The molecule has 32 heavy (non-hydrogen) atoms. The standard InChI is InChI=1S/C25H27N5O2/c1-28(2)16-17-7-6-8-18(15-17)23(31)30-13-11-25(21(30)22-26-12-14-29(22)3)19-9-4-5-10-20(19)27-24(25)32/h4-10,12,14-15,21H,11,13,16H2,1-3H3,(H,27,32)/t21-,25+/m0/s1. The van der Waals surface area contributed by atoms with Crippen molar-refractivity contribution >= 4 is 17.5 Å². The number of nitrogens with zero attached hydrogens (tertiary/aromatic N) is 4. The van der Waals surface area contributed by atoms with E-state index in [9.17, 15) is 9.59 Å². The first-order chi connectivity index (χ1) is 15.4. The number of nitrogens with one attached hydrogen (secondary N) is 1. The summed E-state index contributed by atoms with van der Waals surface area (Å²) in [5, 5.41) is 3.05. The van der Waals surface area contributed by atoms with Crippen LogP contribution in [0, 0.1) is 0 Å². The van der Waals surface area contributed by atoms with Crippen molar-refractivity contribution in [3.8, 4) is 0 Å². The molecule has 0 saturated carbocycles. The third-order valence-corrected chi connectivity index (χ3v) is 6.62. The maximum Gasteiger partial charge on any atom is 0.254 e. The zero-order chi connectivity index (χ0) is 22.5. The number of imidazole rings is 1. The molecule has 1 fully saturated rings. The van der Waals surface area contributed by atoms with Crippen molar-refractivity contribution in [3.63, 3.8) is 0 Å². The van der Waals surface area contributed by atoms with Gasteiger partial charge in [-0.3, -0.25) is 9.59 Å². The molecule has 3 aromatic rings. The molecule has 2 aromatic carbocycles. The van der Waals surface area contributed by atoms with Crippen molar-refractivity contribution in [2.24, 2.45) is 7.05 Å². The summed E-state index contributed by atoms with van der Waals surface area (Å²) in [5.41, 5.74) is 2.61. The minimum absolute atomic E-state index is 0.0663. The summed E-state index contributed by atoms with van der Waals surface area (Å²) in [6.45, 7) is 1.24. The SMILES string of the molecule is CN(C)Cc1cccc(C(=O)N2CC[C@]3(C(=O)Nc4ccccc43)[C@@H]2c2nccn2C)c1. The van der Waals surface area contributed by atoms with E-state index in [1.807, 2.05) is 85.3 Å². The second-order valence-corrected chi connectivity index (χ2v) is 8.96. The van der Waals surface area contributed by atoms with Gasteiger partial charge in [0.15, 0.2) is 0 Å². The number of rotatable bonds is 4. The molecule has 7 nitrogen and oxygen atoms in total.